The van der Waals surface area contributed by atoms with Crippen LogP contribution < -0.4 is 11.0 Å². The van der Waals surface area contributed by atoms with Crippen LogP contribution in [0.25, 0.3) is 16.6 Å². The number of nitrogens with one attached hydrogen (secondary N) is 1. The SMILES string of the molecule is Cc1ccc(CNC(=O)Cn2nc3c4ccccc4nc(Cc4ccccc4)n3c2=O)o1. The first-order chi connectivity index (χ1) is 15.6. The summed E-state index contributed by atoms with van der Waals surface area (Å²) >= 11 is 0. The average Bonchev–Trinajstić information content (AvgIpc) is 3.36. The maximum Gasteiger partial charge on any atom is 0.352 e. The van der Waals surface area contributed by atoms with E-state index in [1.165, 1.54) is 9.08 Å². The summed E-state index contributed by atoms with van der Waals surface area (Å²) in [7, 11) is 0. The Bertz CT molecular complexity index is 1480. The molecule has 1 amide bonds. The van der Waals surface area contributed by atoms with Crippen molar-refractivity contribution in [3.05, 3.63) is 100 Å². The molecule has 2 aromatic carbocycles. The van der Waals surface area contributed by atoms with Crippen molar-refractivity contribution in [2.24, 2.45) is 0 Å². The second-order valence-corrected chi connectivity index (χ2v) is 7.60. The minimum atomic E-state index is -0.395. The third-order valence-corrected chi connectivity index (χ3v) is 5.25. The van der Waals surface area contributed by atoms with Crippen molar-refractivity contribution in [2.45, 2.75) is 26.4 Å². The van der Waals surface area contributed by atoms with Gasteiger partial charge in [-0.1, -0.05) is 42.5 Å². The van der Waals surface area contributed by atoms with Gasteiger partial charge in [-0.05, 0) is 36.8 Å². The van der Waals surface area contributed by atoms with E-state index in [0.717, 1.165) is 22.2 Å². The fourth-order valence-electron chi connectivity index (χ4n) is 3.72. The highest BCUT2D eigenvalue weighted by Crippen LogP contribution is 2.18. The molecule has 0 fully saturated rings. The van der Waals surface area contributed by atoms with Gasteiger partial charge in [0, 0.05) is 11.8 Å². The lowest BCUT2D eigenvalue weighted by molar-refractivity contribution is -0.122. The van der Waals surface area contributed by atoms with E-state index in [1.54, 1.807) is 6.07 Å². The number of fused-ring (bicyclic) bond motifs is 3. The van der Waals surface area contributed by atoms with Gasteiger partial charge in [0.05, 0.1) is 12.1 Å². The molecule has 5 rings (SSSR count). The molecule has 0 aliphatic carbocycles. The molecule has 0 unspecified atom stereocenters. The molecule has 0 aliphatic heterocycles. The van der Waals surface area contributed by atoms with Crippen molar-refractivity contribution < 1.29 is 9.21 Å². The molecule has 0 spiro atoms. The molecule has 0 saturated carbocycles. The smallest absolute Gasteiger partial charge is 0.352 e. The van der Waals surface area contributed by atoms with Crippen LogP contribution in [0.5, 0.6) is 0 Å². The number of carbonyl (C=O) groups excluding carboxylic acids is 1. The molecule has 5 aromatic rings. The van der Waals surface area contributed by atoms with Gasteiger partial charge in [-0.3, -0.25) is 4.79 Å². The summed E-state index contributed by atoms with van der Waals surface area (Å²) in [4.78, 5) is 30.4. The van der Waals surface area contributed by atoms with E-state index >= 15 is 0 Å². The van der Waals surface area contributed by atoms with Gasteiger partial charge >= 0.3 is 5.69 Å². The number of para-hydroxylation sites is 1. The maximum absolute atomic E-state index is 13.2. The molecule has 0 saturated heterocycles. The Balaban J connectivity index is 1.51. The molecule has 32 heavy (non-hydrogen) atoms. The number of aromatic nitrogens is 4. The standard InChI is InChI=1S/C24H21N5O3/c1-16-11-12-18(32-16)14-25-22(30)15-28-24(31)29-21(13-17-7-3-2-4-8-17)26-20-10-6-5-9-19(20)23(29)27-28/h2-12H,13-15H2,1H3,(H,25,30). The Morgan fingerprint density at radius 2 is 1.81 bits per heavy atom. The molecule has 0 aliphatic rings. The highest BCUT2D eigenvalue weighted by molar-refractivity contribution is 5.91. The number of benzene rings is 2. The quantitative estimate of drug-likeness (QED) is 0.450. The fraction of sp³-hybridized carbons (Fsp3) is 0.167. The molecular formula is C24H21N5O3. The summed E-state index contributed by atoms with van der Waals surface area (Å²) in [5.74, 6) is 1.67. The number of amides is 1. The Hall–Kier alpha value is -4.20. The van der Waals surface area contributed by atoms with Crippen LogP contribution in [0.1, 0.15) is 22.9 Å². The first-order valence-corrected chi connectivity index (χ1v) is 10.3. The van der Waals surface area contributed by atoms with E-state index in [4.69, 9.17) is 9.40 Å². The van der Waals surface area contributed by atoms with Crippen LogP contribution in [0.2, 0.25) is 0 Å². The third kappa shape index (κ3) is 3.78. The first-order valence-electron chi connectivity index (χ1n) is 10.3. The van der Waals surface area contributed by atoms with Gasteiger partial charge < -0.3 is 9.73 Å². The molecule has 0 radical (unpaired) electrons. The number of rotatable bonds is 6. The number of hydrogen-bond donors (Lipinski definition) is 1. The van der Waals surface area contributed by atoms with Gasteiger partial charge in [-0.15, -0.1) is 5.10 Å². The van der Waals surface area contributed by atoms with Crippen molar-refractivity contribution in [1.82, 2.24) is 24.5 Å². The first kappa shape index (κ1) is 19.7. The lowest BCUT2D eigenvalue weighted by atomic mass is 10.1. The highest BCUT2D eigenvalue weighted by atomic mass is 16.3. The minimum absolute atomic E-state index is 0.195. The van der Waals surface area contributed by atoms with E-state index < -0.39 is 5.69 Å². The van der Waals surface area contributed by atoms with Gasteiger partial charge in [0.1, 0.15) is 23.9 Å². The summed E-state index contributed by atoms with van der Waals surface area (Å²) in [6.45, 7) is 1.89. The summed E-state index contributed by atoms with van der Waals surface area (Å²) in [6.07, 6.45) is 0.470. The predicted molar refractivity (Wildman–Crippen MR) is 119 cm³/mol. The molecule has 3 aromatic heterocycles. The number of nitrogens with zero attached hydrogens (tertiary/aromatic N) is 4. The second-order valence-electron chi connectivity index (χ2n) is 7.60. The minimum Gasteiger partial charge on any atom is -0.465 e. The maximum atomic E-state index is 13.2. The average molecular weight is 427 g/mol. The molecule has 1 N–H and O–H groups in total. The second kappa shape index (κ2) is 8.14. The zero-order chi connectivity index (χ0) is 22.1. The monoisotopic (exact) mass is 427 g/mol. The van der Waals surface area contributed by atoms with Crippen molar-refractivity contribution in [3.63, 3.8) is 0 Å². The van der Waals surface area contributed by atoms with E-state index in [-0.39, 0.29) is 19.0 Å². The molecule has 3 heterocycles. The van der Waals surface area contributed by atoms with Gasteiger partial charge in [0.2, 0.25) is 5.91 Å². The van der Waals surface area contributed by atoms with E-state index in [2.05, 4.69) is 10.4 Å². The van der Waals surface area contributed by atoms with Crippen molar-refractivity contribution in [3.8, 4) is 0 Å². The molecule has 8 nitrogen and oxygen atoms in total. The van der Waals surface area contributed by atoms with Crippen LogP contribution in [0.3, 0.4) is 0 Å². The van der Waals surface area contributed by atoms with Crippen LogP contribution in [-0.2, 0) is 24.3 Å². The largest absolute Gasteiger partial charge is 0.465 e. The van der Waals surface area contributed by atoms with E-state index in [9.17, 15) is 9.59 Å². The molecule has 0 bridgehead atoms. The highest BCUT2D eigenvalue weighted by Gasteiger charge is 2.17. The van der Waals surface area contributed by atoms with Crippen LogP contribution in [0.15, 0.2) is 75.9 Å². The number of carbonyl (C=O) groups is 1. The van der Waals surface area contributed by atoms with Gasteiger partial charge in [-0.25, -0.2) is 18.9 Å². The third-order valence-electron chi connectivity index (χ3n) is 5.25. The van der Waals surface area contributed by atoms with Gasteiger partial charge in [0.15, 0.2) is 5.65 Å². The Morgan fingerprint density at radius 3 is 2.59 bits per heavy atom. The van der Waals surface area contributed by atoms with Gasteiger partial charge in [-0.2, -0.15) is 0 Å². The molecule has 8 heteroatoms. The summed E-state index contributed by atoms with van der Waals surface area (Å²) in [5.41, 5.74) is 1.87. The Labute approximate surface area is 183 Å². The van der Waals surface area contributed by atoms with Gasteiger partial charge in [0.25, 0.3) is 0 Å². The van der Waals surface area contributed by atoms with E-state index in [1.807, 2.05) is 67.6 Å². The van der Waals surface area contributed by atoms with Crippen LogP contribution in [0, 0.1) is 6.92 Å². The number of hydrogen-bond acceptors (Lipinski definition) is 5. The van der Waals surface area contributed by atoms with Crippen molar-refractivity contribution in [2.75, 3.05) is 0 Å². The molecule has 0 atom stereocenters. The predicted octanol–water partition coefficient (Wildman–Crippen LogP) is 2.85. The van der Waals surface area contributed by atoms with Crippen molar-refractivity contribution in [1.29, 1.82) is 0 Å². The summed E-state index contributed by atoms with van der Waals surface area (Å²) < 4.78 is 8.14. The van der Waals surface area contributed by atoms with Crippen LogP contribution >= 0.6 is 0 Å². The van der Waals surface area contributed by atoms with Crippen LogP contribution in [-0.4, -0.2) is 25.1 Å². The lowest BCUT2D eigenvalue weighted by Gasteiger charge is -2.06. The topological polar surface area (TPSA) is 94.4 Å². The number of furan rings is 1. The summed E-state index contributed by atoms with van der Waals surface area (Å²) in [5, 5.41) is 8.01. The van der Waals surface area contributed by atoms with E-state index in [0.29, 0.717) is 23.7 Å². The zero-order valence-electron chi connectivity index (χ0n) is 17.5. The number of aryl methyl sites for hydroxylation is 1. The normalized spacial score (nSPS) is 11.3. The summed E-state index contributed by atoms with van der Waals surface area (Å²) in [6, 6.07) is 21.0. The van der Waals surface area contributed by atoms with Crippen LogP contribution in [0.4, 0.5) is 0 Å². The lowest BCUT2D eigenvalue weighted by Crippen LogP contribution is -2.32. The van der Waals surface area contributed by atoms with Crippen molar-refractivity contribution >= 4 is 22.5 Å². The Morgan fingerprint density at radius 1 is 1.03 bits per heavy atom. The Kier molecular flexibility index (Phi) is 5.03. The molecule has 160 valence electrons. The zero-order valence-corrected chi connectivity index (χ0v) is 17.5. The fourth-order valence-corrected chi connectivity index (χ4v) is 3.72. The molecular weight excluding hydrogens is 406 g/mol.